The first-order chi connectivity index (χ1) is 7.91. The summed E-state index contributed by atoms with van der Waals surface area (Å²) in [6.45, 7) is 8.24. The second-order valence-electron chi connectivity index (χ2n) is 4.76. The van der Waals surface area contributed by atoms with Crippen molar-refractivity contribution < 1.29 is 0 Å². The van der Waals surface area contributed by atoms with Gasteiger partial charge >= 0.3 is 0 Å². The number of hydrogen-bond acceptors (Lipinski definition) is 2. The highest BCUT2D eigenvalue weighted by Crippen LogP contribution is 2.31. The standard InChI is InChI=1S/C12H15Cl2N3/c1-6(2)8-5-9-15-11(13)10(7(3)4)12(14)17(9)16-8/h5-7H,1-4H3. The summed E-state index contributed by atoms with van der Waals surface area (Å²) in [4.78, 5) is 4.34. The van der Waals surface area contributed by atoms with Crippen molar-refractivity contribution in [3.63, 3.8) is 0 Å². The van der Waals surface area contributed by atoms with E-state index in [9.17, 15) is 0 Å². The first-order valence-corrected chi connectivity index (χ1v) is 6.42. The molecular formula is C12H15Cl2N3. The van der Waals surface area contributed by atoms with Gasteiger partial charge in [0, 0.05) is 11.6 Å². The van der Waals surface area contributed by atoms with E-state index in [2.05, 4.69) is 23.9 Å². The van der Waals surface area contributed by atoms with Crippen LogP contribution in [0.5, 0.6) is 0 Å². The highest BCUT2D eigenvalue weighted by atomic mass is 35.5. The van der Waals surface area contributed by atoms with E-state index in [1.54, 1.807) is 4.52 Å². The molecule has 3 nitrogen and oxygen atoms in total. The molecule has 0 saturated heterocycles. The number of aromatic nitrogens is 3. The Balaban J connectivity index is 2.74. The Labute approximate surface area is 111 Å². The largest absolute Gasteiger partial charge is 0.216 e. The van der Waals surface area contributed by atoms with Crippen molar-refractivity contribution in [3.05, 3.63) is 27.6 Å². The fourth-order valence-corrected chi connectivity index (χ4v) is 2.61. The van der Waals surface area contributed by atoms with E-state index in [1.165, 1.54) is 0 Å². The maximum atomic E-state index is 6.34. The maximum absolute atomic E-state index is 6.34. The molecule has 0 radical (unpaired) electrons. The minimum atomic E-state index is 0.221. The Bertz CT molecular complexity index is 558. The molecule has 2 aromatic heterocycles. The normalized spacial score (nSPS) is 12.0. The predicted octanol–water partition coefficient (Wildman–Crippen LogP) is 4.28. The molecule has 0 spiro atoms. The van der Waals surface area contributed by atoms with Gasteiger partial charge in [0.2, 0.25) is 0 Å². The van der Waals surface area contributed by atoms with Gasteiger partial charge in [0.15, 0.2) is 5.65 Å². The number of fused-ring (bicyclic) bond motifs is 1. The van der Waals surface area contributed by atoms with E-state index in [-0.39, 0.29) is 5.92 Å². The van der Waals surface area contributed by atoms with Crippen LogP contribution in [-0.2, 0) is 0 Å². The van der Waals surface area contributed by atoms with Crippen molar-refractivity contribution in [3.8, 4) is 0 Å². The third-order valence-electron chi connectivity index (χ3n) is 2.72. The fourth-order valence-electron chi connectivity index (χ4n) is 1.73. The van der Waals surface area contributed by atoms with Crippen LogP contribution in [0.4, 0.5) is 0 Å². The second kappa shape index (κ2) is 4.46. The molecule has 2 aromatic rings. The zero-order valence-corrected chi connectivity index (χ0v) is 11.8. The number of halogens is 2. The van der Waals surface area contributed by atoms with Crippen LogP contribution in [0.3, 0.4) is 0 Å². The highest BCUT2D eigenvalue weighted by molar-refractivity contribution is 6.35. The van der Waals surface area contributed by atoms with Gasteiger partial charge in [-0.2, -0.15) is 5.10 Å². The lowest BCUT2D eigenvalue weighted by Gasteiger charge is -2.10. The molecule has 0 aromatic carbocycles. The summed E-state index contributed by atoms with van der Waals surface area (Å²) in [5.41, 5.74) is 2.52. The number of rotatable bonds is 2. The van der Waals surface area contributed by atoms with Gasteiger partial charge in [-0.25, -0.2) is 9.50 Å². The Hall–Kier alpha value is -0.800. The van der Waals surface area contributed by atoms with Crippen LogP contribution in [-0.4, -0.2) is 14.6 Å². The lowest BCUT2D eigenvalue weighted by Crippen LogP contribution is -2.01. The molecule has 0 aliphatic heterocycles. The Kier molecular flexibility index (Phi) is 3.32. The van der Waals surface area contributed by atoms with Crippen LogP contribution in [0.1, 0.15) is 50.8 Å². The van der Waals surface area contributed by atoms with E-state index >= 15 is 0 Å². The molecule has 17 heavy (non-hydrogen) atoms. The van der Waals surface area contributed by atoms with Crippen LogP contribution in [0, 0.1) is 0 Å². The summed E-state index contributed by atoms with van der Waals surface area (Å²) in [7, 11) is 0. The van der Waals surface area contributed by atoms with Crippen molar-refractivity contribution in [2.75, 3.05) is 0 Å². The van der Waals surface area contributed by atoms with Crippen LogP contribution >= 0.6 is 23.2 Å². The lowest BCUT2D eigenvalue weighted by molar-refractivity contribution is 0.772. The third-order valence-corrected chi connectivity index (χ3v) is 3.37. The molecule has 2 rings (SSSR count). The fraction of sp³-hybridized carbons (Fsp3) is 0.500. The Morgan fingerprint density at radius 3 is 2.29 bits per heavy atom. The van der Waals surface area contributed by atoms with Crippen molar-refractivity contribution in [2.24, 2.45) is 0 Å². The molecule has 2 heterocycles. The average Bonchev–Trinajstić information content (AvgIpc) is 2.60. The summed E-state index contributed by atoms with van der Waals surface area (Å²) in [5.74, 6) is 0.563. The molecule has 0 aliphatic carbocycles. The maximum Gasteiger partial charge on any atom is 0.158 e. The molecule has 0 amide bonds. The average molecular weight is 272 g/mol. The molecule has 0 atom stereocenters. The first kappa shape index (κ1) is 12.7. The van der Waals surface area contributed by atoms with E-state index in [0.29, 0.717) is 21.9 Å². The highest BCUT2D eigenvalue weighted by Gasteiger charge is 2.17. The molecular weight excluding hydrogens is 257 g/mol. The van der Waals surface area contributed by atoms with Gasteiger partial charge in [-0.1, -0.05) is 50.9 Å². The quantitative estimate of drug-likeness (QED) is 0.764. The summed E-state index contributed by atoms with van der Waals surface area (Å²) in [6.07, 6.45) is 0. The molecule has 0 unspecified atom stereocenters. The topological polar surface area (TPSA) is 30.2 Å². The minimum Gasteiger partial charge on any atom is -0.216 e. The van der Waals surface area contributed by atoms with E-state index in [0.717, 1.165) is 11.3 Å². The first-order valence-electron chi connectivity index (χ1n) is 5.66. The van der Waals surface area contributed by atoms with Crippen LogP contribution in [0.25, 0.3) is 5.65 Å². The van der Waals surface area contributed by atoms with Crippen molar-refractivity contribution in [1.82, 2.24) is 14.6 Å². The van der Waals surface area contributed by atoms with Crippen LogP contribution in [0.15, 0.2) is 6.07 Å². The summed E-state index contributed by atoms with van der Waals surface area (Å²) in [5, 5.41) is 5.48. The monoisotopic (exact) mass is 271 g/mol. The van der Waals surface area contributed by atoms with Crippen molar-refractivity contribution >= 4 is 28.8 Å². The lowest BCUT2D eigenvalue weighted by atomic mass is 10.1. The summed E-state index contributed by atoms with van der Waals surface area (Å²) < 4.78 is 1.66. The minimum absolute atomic E-state index is 0.221. The van der Waals surface area contributed by atoms with Gasteiger partial charge in [0.05, 0.1) is 5.69 Å². The predicted molar refractivity (Wildman–Crippen MR) is 71.2 cm³/mol. The second-order valence-corrected chi connectivity index (χ2v) is 5.47. The van der Waals surface area contributed by atoms with Gasteiger partial charge in [-0.3, -0.25) is 0 Å². The molecule has 0 N–H and O–H groups in total. The molecule has 0 fully saturated rings. The molecule has 5 heteroatoms. The summed E-state index contributed by atoms with van der Waals surface area (Å²) in [6, 6.07) is 1.92. The van der Waals surface area contributed by atoms with E-state index in [1.807, 2.05) is 19.9 Å². The van der Waals surface area contributed by atoms with Gasteiger partial charge in [0.1, 0.15) is 10.3 Å². The van der Waals surface area contributed by atoms with Crippen molar-refractivity contribution in [1.29, 1.82) is 0 Å². The van der Waals surface area contributed by atoms with E-state index < -0.39 is 0 Å². The third kappa shape index (κ3) is 2.14. The van der Waals surface area contributed by atoms with Crippen molar-refractivity contribution in [2.45, 2.75) is 39.5 Å². The number of hydrogen-bond donors (Lipinski definition) is 0. The zero-order valence-electron chi connectivity index (χ0n) is 10.3. The van der Waals surface area contributed by atoms with Crippen LogP contribution in [0.2, 0.25) is 10.3 Å². The Morgan fingerprint density at radius 2 is 1.76 bits per heavy atom. The number of nitrogens with zero attached hydrogens (tertiary/aromatic N) is 3. The van der Waals surface area contributed by atoms with Gasteiger partial charge < -0.3 is 0 Å². The van der Waals surface area contributed by atoms with Gasteiger partial charge in [-0.15, -0.1) is 0 Å². The molecule has 0 bridgehead atoms. The molecule has 0 saturated carbocycles. The smallest absolute Gasteiger partial charge is 0.158 e. The van der Waals surface area contributed by atoms with Gasteiger partial charge in [0.25, 0.3) is 0 Å². The molecule has 0 aliphatic rings. The molecule has 92 valence electrons. The Morgan fingerprint density at radius 1 is 1.12 bits per heavy atom. The van der Waals surface area contributed by atoms with Gasteiger partial charge in [-0.05, 0) is 11.8 Å². The zero-order chi connectivity index (χ0) is 12.7. The van der Waals surface area contributed by atoms with E-state index in [4.69, 9.17) is 23.2 Å². The van der Waals surface area contributed by atoms with Crippen LogP contribution < -0.4 is 0 Å². The SMILES string of the molecule is CC(C)c1cc2nc(Cl)c(C(C)C)c(Cl)n2n1. The summed E-state index contributed by atoms with van der Waals surface area (Å²) >= 11 is 12.5.